The molecule has 6 atom stereocenters. The van der Waals surface area contributed by atoms with E-state index in [4.69, 9.17) is 28.7 Å². The third-order valence-corrected chi connectivity index (χ3v) is 7.24. The van der Waals surface area contributed by atoms with Crippen LogP contribution in [0.5, 0.6) is 0 Å². The van der Waals surface area contributed by atoms with E-state index < -0.39 is 59.3 Å². The number of azide groups is 1. The smallest absolute Gasteiger partial charge is 0.296 e. The molecule has 12 heteroatoms. The average Bonchev–Trinajstić information content (AvgIpc) is 3.32. The summed E-state index contributed by atoms with van der Waals surface area (Å²) in [5, 5.41) is 14.7. The van der Waals surface area contributed by atoms with Crippen molar-refractivity contribution < 1.29 is 36.7 Å². The number of rotatable bonds is 10. The van der Waals surface area contributed by atoms with Gasteiger partial charge in [-0.1, -0.05) is 53.1 Å². The van der Waals surface area contributed by atoms with Crippen molar-refractivity contribution in [2.24, 2.45) is 5.11 Å². The van der Waals surface area contributed by atoms with Crippen LogP contribution in [0.1, 0.15) is 25.0 Å². The highest BCUT2D eigenvalue weighted by atomic mass is 32.2. The lowest BCUT2D eigenvalue weighted by Crippen LogP contribution is -2.48. The molecule has 194 valence electrons. The lowest BCUT2D eigenvalue weighted by molar-refractivity contribution is -0.231. The first-order chi connectivity index (χ1) is 17.1. The van der Waals surface area contributed by atoms with Crippen LogP contribution in [-0.2, 0) is 39.9 Å². The van der Waals surface area contributed by atoms with Crippen molar-refractivity contribution in [2.75, 3.05) is 6.61 Å². The van der Waals surface area contributed by atoms with Crippen molar-refractivity contribution in [3.63, 3.8) is 0 Å². The summed E-state index contributed by atoms with van der Waals surface area (Å²) in [4.78, 5) is 2.71. The molecule has 0 aromatic heterocycles. The van der Waals surface area contributed by atoms with Crippen LogP contribution in [0, 0.1) is 6.92 Å². The Bertz CT molecular complexity index is 1190. The monoisotopic (exact) mass is 519 g/mol. The van der Waals surface area contributed by atoms with Gasteiger partial charge in [0.1, 0.15) is 18.3 Å². The predicted molar refractivity (Wildman–Crippen MR) is 127 cm³/mol. The SMILES string of the molecule is Cc1ccc(S(=O)(=O)OC[C@H](N=[N+]=[N-])[C@H](O)[C@H]2O[C@@H]3OC(C)(C)O[C@@H]3[C@H]2OCc2ccccc2)cc1. The van der Waals surface area contributed by atoms with Gasteiger partial charge in [-0.05, 0) is 44.0 Å². The third-order valence-electron chi connectivity index (χ3n) is 5.95. The zero-order valence-corrected chi connectivity index (χ0v) is 20.9. The van der Waals surface area contributed by atoms with Crippen LogP contribution in [-0.4, -0.2) is 62.7 Å². The van der Waals surface area contributed by atoms with Gasteiger partial charge in [-0.25, -0.2) is 0 Å². The maximum absolute atomic E-state index is 12.6. The van der Waals surface area contributed by atoms with Gasteiger partial charge in [-0.15, -0.1) is 0 Å². The summed E-state index contributed by atoms with van der Waals surface area (Å²) >= 11 is 0. The van der Waals surface area contributed by atoms with E-state index in [1.54, 1.807) is 26.0 Å². The van der Waals surface area contributed by atoms with Crippen LogP contribution in [0.4, 0.5) is 0 Å². The van der Waals surface area contributed by atoms with Crippen LogP contribution >= 0.6 is 0 Å². The number of hydrogen-bond donors (Lipinski definition) is 1. The first-order valence-corrected chi connectivity index (χ1v) is 12.9. The summed E-state index contributed by atoms with van der Waals surface area (Å²) < 4.78 is 54.1. The summed E-state index contributed by atoms with van der Waals surface area (Å²) in [5.41, 5.74) is 10.9. The maximum Gasteiger partial charge on any atom is 0.296 e. The number of nitrogens with zero attached hydrogens (tertiary/aromatic N) is 3. The lowest BCUT2D eigenvalue weighted by atomic mass is 10.0. The van der Waals surface area contributed by atoms with Crippen LogP contribution < -0.4 is 0 Å². The number of aryl methyl sites for hydroxylation is 1. The number of fused-ring (bicyclic) bond motifs is 1. The Hall–Kier alpha value is -2.54. The van der Waals surface area contributed by atoms with E-state index in [0.29, 0.717) is 0 Å². The summed E-state index contributed by atoms with van der Waals surface area (Å²) in [7, 11) is -4.15. The fourth-order valence-corrected chi connectivity index (χ4v) is 5.08. The van der Waals surface area contributed by atoms with Crippen molar-refractivity contribution in [3.05, 3.63) is 76.2 Å². The van der Waals surface area contributed by atoms with Gasteiger partial charge < -0.3 is 24.1 Å². The first kappa shape index (κ1) is 26.5. The number of hydrogen-bond acceptors (Lipinski definition) is 9. The normalized spacial score (nSPS) is 26.7. The number of aliphatic hydroxyl groups excluding tert-OH is 1. The van der Waals surface area contributed by atoms with E-state index >= 15 is 0 Å². The molecule has 0 aliphatic carbocycles. The van der Waals surface area contributed by atoms with Crippen LogP contribution in [0.3, 0.4) is 0 Å². The molecule has 2 heterocycles. The Morgan fingerprint density at radius 3 is 2.50 bits per heavy atom. The van der Waals surface area contributed by atoms with E-state index in [0.717, 1.165) is 11.1 Å². The summed E-state index contributed by atoms with van der Waals surface area (Å²) in [6.45, 7) is 4.90. The van der Waals surface area contributed by atoms with Gasteiger partial charge in [-0.2, -0.15) is 8.42 Å². The summed E-state index contributed by atoms with van der Waals surface area (Å²) in [5.74, 6) is -0.922. The molecule has 2 aliphatic heterocycles. The molecule has 2 aromatic carbocycles. The molecule has 0 spiro atoms. The largest absolute Gasteiger partial charge is 0.390 e. The molecular weight excluding hydrogens is 490 g/mol. The van der Waals surface area contributed by atoms with Crippen molar-refractivity contribution >= 4 is 10.1 Å². The Labute approximate surface area is 209 Å². The maximum atomic E-state index is 12.6. The molecule has 4 rings (SSSR count). The fourth-order valence-electron chi connectivity index (χ4n) is 4.15. The zero-order valence-electron chi connectivity index (χ0n) is 20.1. The van der Waals surface area contributed by atoms with Gasteiger partial charge in [0.2, 0.25) is 0 Å². The van der Waals surface area contributed by atoms with Gasteiger partial charge in [0.05, 0.1) is 30.3 Å². The molecule has 11 nitrogen and oxygen atoms in total. The number of aliphatic hydroxyl groups is 1. The van der Waals surface area contributed by atoms with Gasteiger partial charge in [0, 0.05) is 4.91 Å². The predicted octanol–water partition coefficient (Wildman–Crippen LogP) is 3.20. The van der Waals surface area contributed by atoms with Crippen molar-refractivity contribution in [2.45, 2.75) is 74.8 Å². The molecule has 0 saturated carbocycles. The summed E-state index contributed by atoms with van der Waals surface area (Å²) in [6.07, 6.45) is -4.80. The molecule has 2 aliphatic rings. The molecular formula is C24H29N3O8S. The molecule has 0 unspecified atom stereocenters. The fraction of sp³-hybridized carbons (Fsp3) is 0.500. The second kappa shape index (κ2) is 10.8. The molecule has 0 bridgehead atoms. The van der Waals surface area contributed by atoms with Crippen LogP contribution in [0.15, 0.2) is 64.6 Å². The Balaban J connectivity index is 1.50. The molecule has 2 aromatic rings. The van der Waals surface area contributed by atoms with E-state index in [1.807, 2.05) is 37.3 Å². The van der Waals surface area contributed by atoms with Gasteiger partial charge in [-0.3, -0.25) is 4.18 Å². The minimum Gasteiger partial charge on any atom is -0.390 e. The van der Waals surface area contributed by atoms with Crippen molar-refractivity contribution in [1.82, 2.24) is 0 Å². The second-order valence-electron chi connectivity index (χ2n) is 9.15. The highest BCUT2D eigenvalue weighted by Gasteiger charge is 2.57. The summed E-state index contributed by atoms with van der Waals surface area (Å²) in [6, 6.07) is 14.2. The van der Waals surface area contributed by atoms with Crippen molar-refractivity contribution in [1.29, 1.82) is 0 Å². The average molecular weight is 520 g/mol. The molecule has 2 fully saturated rings. The van der Waals surface area contributed by atoms with Crippen LogP contribution in [0.25, 0.3) is 10.4 Å². The molecule has 0 radical (unpaired) electrons. The number of benzene rings is 2. The second-order valence-corrected chi connectivity index (χ2v) is 10.8. The van der Waals surface area contributed by atoms with E-state index in [-0.39, 0.29) is 11.5 Å². The van der Waals surface area contributed by atoms with Crippen LogP contribution in [0.2, 0.25) is 0 Å². The minimum absolute atomic E-state index is 0.0537. The molecule has 0 amide bonds. The lowest BCUT2D eigenvalue weighted by Gasteiger charge is -2.30. The molecule has 1 N–H and O–H groups in total. The number of ether oxygens (including phenoxy) is 4. The topological polar surface area (TPSA) is 149 Å². The third kappa shape index (κ3) is 6.05. The first-order valence-electron chi connectivity index (χ1n) is 11.4. The van der Waals surface area contributed by atoms with Gasteiger partial charge in [0.25, 0.3) is 10.1 Å². The van der Waals surface area contributed by atoms with E-state index in [1.165, 1.54) is 12.1 Å². The Morgan fingerprint density at radius 2 is 1.83 bits per heavy atom. The standard InChI is InChI=1S/C24H29N3O8S/c1-15-9-11-17(12-10-15)36(29,30)32-14-18(26-27-25)19(28)20-21(31-13-16-7-5-4-6-8-16)22-23(33-20)35-24(2,3)34-22/h4-12,18-23,28H,13-14H2,1-3H3/t18-,19-,20+,21-,22+,23+/m0/s1. The Morgan fingerprint density at radius 1 is 1.14 bits per heavy atom. The van der Waals surface area contributed by atoms with Gasteiger partial charge >= 0.3 is 0 Å². The molecule has 36 heavy (non-hydrogen) atoms. The van der Waals surface area contributed by atoms with E-state index in [9.17, 15) is 13.5 Å². The zero-order chi connectivity index (χ0) is 25.9. The quantitative estimate of drug-likeness (QED) is 0.218. The Kier molecular flexibility index (Phi) is 7.98. The van der Waals surface area contributed by atoms with E-state index in [2.05, 4.69) is 10.0 Å². The minimum atomic E-state index is -4.15. The van der Waals surface area contributed by atoms with Crippen molar-refractivity contribution in [3.8, 4) is 0 Å². The van der Waals surface area contributed by atoms with Gasteiger partial charge in [0.15, 0.2) is 12.1 Å². The molecule has 2 saturated heterocycles. The highest BCUT2D eigenvalue weighted by Crippen LogP contribution is 2.40. The highest BCUT2D eigenvalue weighted by molar-refractivity contribution is 7.86.